The molecular weight excluding hydrogens is 294 g/mol. The summed E-state index contributed by atoms with van der Waals surface area (Å²) in [7, 11) is 0. The number of aromatic nitrogens is 1. The SMILES string of the molecule is Cc1cc(C)c(/C(O)=C(\C=NC(C)C)C(=O)C(F)F)c(=O)[nH]1. The third kappa shape index (κ3) is 4.09. The fourth-order valence-electron chi connectivity index (χ4n) is 1.87. The van der Waals surface area contributed by atoms with E-state index in [9.17, 15) is 23.5 Å². The first-order valence-corrected chi connectivity index (χ1v) is 6.64. The maximum absolute atomic E-state index is 12.7. The lowest BCUT2D eigenvalue weighted by Gasteiger charge is -2.09. The summed E-state index contributed by atoms with van der Waals surface area (Å²) in [4.78, 5) is 29.8. The fourth-order valence-corrected chi connectivity index (χ4v) is 1.87. The van der Waals surface area contributed by atoms with E-state index in [1.807, 2.05) is 0 Å². The Bertz CT molecular complexity index is 689. The number of H-pyrrole nitrogens is 1. The molecular formula is C15H18F2N2O3. The van der Waals surface area contributed by atoms with Crippen molar-refractivity contribution >= 4 is 17.8 Å². The smallest absolute Gasteiger partial charge is 0.300 e. The zero-order valence-corrected chi connectivity index (χ0v) is 12.8. The second kappa shape index (κ2) is 7.11. The third-order valence-corrected chi connectivity index (χ3v) is 2.82. The number of hydrogen-bond donors (Lipinski definition) is 2. The van der Waals surface area contributed by atoms with Crippen LogP contribution in [0, 0.1) is 13.8 Å². The quantitative estimate of drug-likeness (QED) is 0.498. The number of aromatic amines is 1. The molecule has 0 bridgehead atoms. The molecule has 0 aliphatic carbocycles. The molecule has 0 saturated heterocycles. The van der Waals surface area contributed by atoms with Crippen LogP contribution in [0.15, 0.2) is 21.4 Å². The van der Waals surface area contributed by atoms with Crippen molar-refractivity contribution in [3.8, 4) is 0 Å². The van der Waals surface area contributed by atoms with Gasteiger partial charge in [-0.2, -0.15) is 0 Å². The minimum Gasteiger partial charge on any atom is -0.506 e. The molecule has 0 aliphatic heterocycles. The number of nitrogens with one attached hydrogen (secondary N) is 1. The van der Waals surface area contributed by atoms with E-state index in [0.29, 0.717) is 11.3 Å². The van der Waals surface area contributed by atoms with Crippen LogP contribution in [0.25, 0.3) is 5.76 Å². The molecule has 0 radical (unpaired) electrons. The molecule has 7 heteroatoms. The molecule has 1 aromatic heterocycles. The number of allylic oxidation sites excluding steroid dienone is 1. The van der Waals surface area contributed by atoms with E-state index in [0.717, 1.165) is 6.21 Å². The van der Waals surface area contributed by atoms with Crippen LogP contribution in [0.2, 0.25) is 0 Å². The first-order chi connectivity index (χ1) is 10.1. The zero-order valence-electron chi connectivity index (χ0n) is 12.8. The van der Waals surface area contributed by atoms with Gasteiger partial charge in [0.15, 0.2) is 0 Å². The van der Waals surface area contributed by atoms with Crippen LogP contribution >= 0.6 is 0 Å². The van der Waals surface area contributed by atoms with Gasteiger partial charge in [-0.25, -0.2) is 8.78 Å². The Kier molecular flexibility index (Phi) is 5.73. The number of alkyl halides is 2. The van der Waals surface area contributed by atoms with E-state index in [4.69, 9.17) is 0 Å². The van der Waals surface area contributed by atoms with Gasteiger partial charge in [0, 0.05) is 18.0 Å². The summed E-state index contributed by atoms with van der Waals surface area (Å²) < 4.78 is 25.4. The lowest BCUT2D eigenvalue weighted by Crippen LogP contribution is -2.21. The molecule has 120 valence electrons. The van der Waals surface area contributed by atoms with Crippen molar-refractivity contribution in [3.05, 3.63) is 38.8 Å². The second-order valence-corrected chi connectivity index (χ2v) is 5.14. The van der Waals surface area contributed by atoms with Crippen molar-refractivity contribution in [1.29, 1.82) is 0 Å². The highest BCUT2D eigenvalue weighted by Gasteiger charge is 2.25. The number of aliphatic imine (C=N–C) groups is 1. The Balaban J connectivity index is 3.59. The van der Waals surface area contributed by atoms with Gasteiger partial charge in [-0.3, -0.25) is 14.6 Å². The van der Waals surface area contributed by atoms with Crippen LogP contribution in [0.5, 0.6) is 0 Å². The molecule has 0 fully saturated rings. The number of ketones is 1. The van der Waals surface area contributed by atoms with Gasteiger partial charge < -0.3 is 10.1 Å². The molecule has 0 amide bonds. The van der Waals surface area contributed by atoms with Crippen molar-refractivity contribution in [2.24, 2.45) is 4.99 Å². The van der Waals surface area contributed by atoms with Crippen molar-refractivity contribution in [2.75, 3.05) is 0 Å². The monoisotopic (exact) mass is 312 g/mol. The average Bonchev–Trinajstić information content (AvgIpc) is 2.36. The zero-order chi connectivity index (χ0) is 17.0. The maximum atomic E-state index is 12.7. The number of halogens is 2. The molecule has 0 atom stereocenters. The predicted molar refractivity (Wildman–Crippen MR) is 80.7 cm³/mol. The molecule has 0 unspecified atom stereocenters. The summed E-state index contributed by atoms with van der Waals surface area (Å²) in [5, 5.41) is 10.2. The Labute approximate surface area is 126 Å². The van der Waals surface area contributed by atoms with Gasteiger partial charge >= 0.3 is 6.43 Å². The molecule has 0 spiro atoms. The number of nitrogens with zero attached hydrogens (tertiary/aromatic N) is 1. The van der Waals surface area contributed by atoms with Gasteiger partial charge in [0.1, 0.15) is 5.76 Å². The molecule has 22 heavy (non-hydrogen) atoms. The largest absolute Gasteiger partial charge is 0.506 e. The maximum Gasteiger partial charge on any atom is 0.300 e. The molecule has 1 heterocycles. The van der Waals surface area contributed by atoms with Crippen LogP contribution in [-0.2, 0) is 4.79 Å². The summed E-state index contributed by atoms with van der Waals surface area (Å²) in [5.41, 5.74) is -0.633. The summed E-state index contributed by atoms with van der Waals surface area (Å²) in [6.07, 6.45) is -2.42. The topological polar surface area (TPSA) is 82.5 Å². The van der Waals surface area contributed by atoms with E-state index in [1.54, 1.807) is 26.8 Å². The Morgan fingerprint density at radius 2 is 1.95 bits per heavy atom. The second-order valence-electron chi connectivity index (χ2n) is 5.14. The van der Waals surface area contributed by atoms with Gasteiger partial charge in [0.05, 0.1) is 11.1 Å². The fraction of sp³-hybridized carbons (Fsp3) is 0.400. The first-order valence-electron chi connectivity index (χ1n) is 6.64. The van der Waals surface area contributed by atoms with Crippen molar-refractivity contribution in [2.45, 2.75) is 40.2 Å². The molecule has 1 aromatic rings. The lowest BCUT2D eigenvalue weighted by atomic mass is 10.0. The van der Waals surface area contributed by atoms with Crippen LogP contribution in [0.3, 0.4) is 0 Å². The Morgan fingerprint density at radius 1 is 1.36 bits per heavy atom. The number of rotatable bonds is 5. The first kappa shape index (κ1) is 17.7. The van der Waals surface area contributed by atoms with Gasteiger partial charge in [-0.1, -0.05) is 0 Å². The molecule has 0 aliphatic rings. The highest BCUT2D eigenvalue weighted by atomic mass is 19.3. The molecule has 1 rings (SSSR count). The number of aryl methyl sites for hydroxylation is 2. The van der Waals surface area contributed by atoms with E-state index < -0.39 is 29.1 Å². The minimum absolute atomic E-state index is 0.218. The van der Waals surface area contributed by atoms with Gasteiger partial charge in [0.25, 0.3) is 5.56 Å². The van der Waals surface area contributed by atoms with Crippen molar-refractivity contribution in [3.63, 3.8) is 0 Å². The van der Waals surface area contributed by atoms with Gasteiger partial charge in [-0.15, -0.1) is 0 Å². The van der Waals surface area contributed by atoms with Crippen molar-refractivity contribution < 1.29 is 18.7 Å². The normalized spacial score (nSPS) is 13.1. The number of carbonyl (C=O) groups excluding carboxylic acids is 1. The molecule has 5 nitrogen and oxygen atoms in total. The summed E-state index contributed by atoms with van der Waals surface area (Å²) in [6, 6.07) is 1.31. The third-order valence-electron chi connectivity index (χ3n) is 2.82. The summed E-state index contributed by atoms with van der Waals surface area (Å²) >= 11 is 0. The van der Waals surface area contributed by atoms with Gasteiger partial charge in [-0.05, 0) is 39.3 Å². The van der Waals surface area contributed by atoms with E-state index in [1.165, 1.54) is 6.92 Å². The van der Waals surface area contributed by atoms with E-state index >= 15 is 0 Å². The number of aliphatic hydroxyl groups excluding tert-OH is 1. The Hall–Kier alpha value is -2.31. The number of hydrogen-bond acceptors (Lipinski definition) is 4. The summed E-state index contributed by atoms with van der Waals surface area (Å²) in [5.74, 6) is -2.38. The minimum atomic E-state index is -3.31. The molecule has 2 N–H and O–H groups in total. The van der Waals surface area contributed by atoms with E-state index in [2.05, 4.69) is 9.98 Å². The Morgan fingerprint density at radius 3 is 2.41 bits per heavy atom. The number of pyridine rings is 1. The molecule has 0 saturated carbocycles. The summed E-state index contributed by atoms with van der Waals surface area (Å²) in [6.45, 7) is 6.55. The van der Waals surface area contributed by atoms with Crippen LogP contribution < -0.4 is 5.56 Å². The number of aliphatic hydroxyl groups is 1. The predicted octanol–water partition coefficient (Wildman–Crippen LogP) is 2.57. The van der Waals surface area contributed by atoms with E-state index in [-0.39, 0.29) is 11.6 Å². The molecule has 0 aromatic carbocycles. The van der Waals surface area contributed by atoms with Gasteiger partial charge in [0.2, 0.25) is 5.78 Å². The lowest BCUT2D eigenvalue weighted by molar-refractivity contribution is -0.125. The van der Waals surface area contributed by atoms with Crippen LogP contribution in [0.1, 0.15) is 30.7 Å². The standard InChI is InChI=1S/C15H18F2N2O3/c1-7(2)18-6-10(13(21)14(16)17)12(20)11-8(3)5-9(4)19-15(11)22/h5-7,14,20H,1-4H3,(H,19,22)/b12-10-,18-6?. The van der Waals surface area contributed by atoms with Crippen molar-refractivity contribution in [1.82, 2.24) is 4.98 Å². The number of carbonyl (C=O) groups is 1. The average molecular weight is 312 g/mol. The van der Waals surface area contributed by atoms with Crippen LogP contribution in [0.4, 0.5) is 8.78 Å². The number of Topliss-reactive ketones (excluding diaryl/α,β-unsaturated/α-hetero) is 1. The highest BCUT2D eigenvalue weighted by Crippen LogP contribution is 2.18. The van der Waals surface area contributed by atoms with Crippen LogP contribution in [-0.4, -0.2) is 34.6 Å². The highest BCUT2D eigenvalue weighted by molar-refractivity contribution is 6.19.